The average molecular weight is 385 g/mol. The third-order valence-corrected chi connectivity index (χ3v) is 6.49. The number of nitrogens with zero attached hydrogens (tertiary/aromatic N) is 1. The lowest BCUT2D eigenvalue weighted by molar-refractivity contribution is -0.141. The minimum Gasteiger partial charge on any atom is -0.469 e. The molecule has 2 saturated carbocycles. The molecule has 1 aromatic carbocycles. The molecule has 2 aliphatic carbocycles. The highest BCUT2D eigenvalue weighted by Gasteiger charge is 2.40. The van der Waals surface area contributed by atoms with Crippen LogP contribution in [0.15, 0.2) is 35.9 Å². The molecule has 1 aromatic rings. The number of rotatable bonds is 9. The molecule has 0 amide bonds. The van der Waals surface area contributed by atoms with E-state index in [4.69, 9.17) is 4.74 Å². The lowest BCUT2D eigenvalue weighted by Gasteiger charge is -2.35. The van der Waals surface area contributed by atoms with E-state index in [0.717, 1.165) is 13.0 Å². The molecule has 2 unspecified atom stereocenters. The number of carbonyl (C=O) groups is 1. The zero-order valence-corrected chi connectivity index (χ0v) is 17.7. The van der Waals surface area contributed by atoms with Gasteiger partial charge < -0.3 is 15.0 Å². The summed E-state index contributed by atoms with van der Waals surface area (Å²) >= 11 is 0. The van der Waals surface area contributed by atoms with E-state index in [-0.39, 0.29) is 5.97 Å². The quantitative estimate of drug-likeness (QED) is 0.646. The summed E-state index contributed by atoms with van der Waals surface area (Å²) in [6.07, 6.45) is 10.2. The number of esters is 1. The molecule has 2 aliphatic rings. The molecule has 0 bridgehead atoms. The number of benzene rings is 1. The van der Waals surface area contributed by atoms with Crippen LogP contribution in [0.3, 0.4) is 0 Å². The van der Waals surface area contributed by atoms with Crippen LogP contribution in [0, 0.1) is 5.92 Å². The van der Waals surface area contributed by atoms with E-state index in [1.54, 1.807) is 5.57 Å². The molecule has 0 aliphatic heterocycles. The molecule has 0 spiro atoms. The Morgan fingerprint density at radius 3 is 2.57 bits per heavy atom. The van der Waals surface area contributed by atoms with Crippen molar-refractivity contribution >= 4 is 12.0 Å². The van der Waals surface area contributed by atoms with Crippen LogP contribution in [0.4, 0.5) is 0 Å². The number of ether oxygens (including phenoxy) is 1. The lowest BCUT2D eigenvalue weighted by atomic mass is 9.90. The van der Waals surface area contributed by atoms with E-state index >= 15 is 0 Å². The molecule has 4 nitrogen and oxygen atoms in total. The molecule has 0 radical (unpaired) electrons. The second-order valence-corrected chi connectivity index (χ2v) is 8.41. The van der Waals surface area contributed by atoms with Gasteiger partial charge in [-0.1, -0.05) is 48.9 Å². The Morgan fingerprint density at radius 2 is 1.93 bits per heavy atom. The van der Waals surface area contributed by atoms with Crippen molar-refractivity contribution in [2.45, 2.75) is 70.0 Å². The van der Waals surface area contributed by atoms with Crippen LogP contribution in [0.5, 0.6) is 0 Å². The van der Waals surface area contributed by atoms with Gasteiger partial charge in [0.15, 0.2) is 0 Å². The third-order valence-electron chi connectivity index (χ3n) is 6.49. The van der Waals surface area contributed by atoms with Gasteiger partial charge in [0, 0.05) is 24.7 Å². The van der Waals surface area contributed by atoms with Gasteiger partial charge >= 0.3 is 5.97 Å². The van der Waals surface area contributed by atoms with Crippen LogP contribution in [-0.2, 0) is 9.53 Å². The molecule has 2 fully saturated rings. The first-order chi connectivity index (χ1) is 13.6. The summed E-state index contributed by atoms with van der Waals surface area (Å²) in [5, 5.41) is 3.93. The van der Waals surface area contributed by atoms with Gasteiger partial charge in [-0.25, -0.2) is 0 Å². The van der Waals surface area contributed by atoms with Crippen molar-refractivity contribution in [1.29, 1.82) is 0 Å². The predicted molar refractivity (Wildman–Crippen MR) is 115 cm³/mol. The Labute approximate surface area is 170 Å². The van der Waals surface area contributed by atoms with E-state index in [0.29, 0.717) is 30.5 Å². The van der Waals surface area contributed by atoms with Crippen LogP contribution in [0.1, 0.15) is 57.4 Å². The largest absolute Gasteiger partial charge is 0.469 e. The van der Waals surface area contributed by atoms with Gasteiger partial charge in [-0.2, -0.15) is 0 Å². The topological polar surface area (TPSA) is 41.6 Å². The smallest absolute Gasteiger partial charge is 0.306 e. The van der Waals surface area contributed by atoms with Crippen LogP contribution in [-0.4, -0.2) is 49.7 Å². The summed E-state index contributed by atoms with van der Waals surface area (Å²) < 4.78 is 4.75. The standard InChI is InChI=1S/C24H36N2O2/c1-4-19(16-18-8-6-5-7-9-18)22-17-23(22)25-20-10-12-21(13-11-20)26(2)15-14-24(27)28-3/h5-9,16,20-23,25H,4,10-15,17H2,1-3H3/b19-16+. The highest BCUT2D eigenvalue weighted by atomic mass is 16.5. The Hall–Kier alpha value is -1.65. The maximum absolute atomic E-state index is 11.3. The summed E-state index contributed by atoms with van der Waals surface area (Å²) in [5.41, 5.74) is 2.90. The molecule has 28 heavy (non-hydrogen) atoms. The third kappa shape index (κ3) is 5.92. The Bertz CT molecular complexity index is 650. The van der Waals surface area contributed by atoms with Gasteiger partial charge in [0.05, 0.1) is 13.5 Å². The van der Waals surface area contributed by atoms with Crippen LogP contribution in [0.2, 0.25) is 0 Å². The molecular formula is C24H36N2O2. The maximum atomic E-state index is 11.3. The number of carbonyl (C=O) groups excluding carboxylic acids is 1. The summed E-state index contributed by atoms with van der Waals surface area (Å²) in [6, 6.07) is 12.6. The van der Waals surface area contributed by atoms with Crippen molar-refractivity contribution < 1.29 is 9.53 Å². The predicted octanol–water partition coefficient (Wildman–Crippen LogP) is 4.26. The first kappa shape index (κ1) is 21.1. The first-order valence-corrected chi connectivity index (χ1v) is 10.9. The molecule has 1 N–H and O–H groups in total. The van der Waals surface area contributed by atoms with E-state index in [1.165, 1.54) is 44.8 Å². The fourth-order valence-electron chi connectivity index (χ4n) is 4.56. The SMILES string of the molecule is CC/C(=C\c1ccccc1)C1CC1NC1CCC(N(C)CCC(=O)OC)CC1. The number of nitrogens with one attached hydrogen (secondary N) is 1. The van der Waals surface area contributed by atoms with E-state index in [2.05, 4.69) is 60.6 Å². The number of methoxy groups -OCH3 is 1. The van der Waals surface area contributed by atoms with Crippen LogP contribution in [0.25, 0.3) is 6.08 Å². The summed E-state index contributed by atoms with van der Waals surface area (Å²) in [5.74, 6) is 0.600. The first-order valence-electron chi connectivity index (χ1n) is 10.9. The van der Waals surface area contributed by atoms with Crippen molar-refractivity contribution in [3.05, 3.63) is 41.5 Å². The second-order valence-electron chi connectivity index (χ2n) is 8.41. The summed E-state index contributed by atoms with van der Waals surface area (Å²) in [7, 11) is 3.60. The Morgan fingerprint density at radius 1 is 1.21 bits per heavy atom. The molecular weight excluding hydrogens is 348 g/mol. The van der Waals surface area contributed by atoms with Crippen molar-refractivity contribution in [3.8, 4) is 0 Å². The van der Waals surface area contributed by atoms with Gasteiger partial charge in [0.25, 0.3) is 0 Å². The second kappa shape index (κ2) is 10.2. The minimum absolute atomic E-state index is 0.114. The molecule has 4 heteroatoms. The zero-order valence-electron chi connectivity index (χ0n) is 17.7. The van der Waals surface area contributed by atoms with Crippen molar-refractivity contribution in [3.63, 3.8) is 0 Å². The highest BCUT2D eigenvalue weighted by Crippen LogP contribution is 2.40. The van der Waals surface area contributed by atoms with Gasteiger partial charge in [-0.15, -0.1) is 0 Å². The van der Waals surface area contributed by atoms with Gasteiger partial charge in [-0.05, 0) is 57.1 Å². The van der Waals surface area contributed by atoms with E-state index in [1.807, 2.05) is 0 Å². The van der Waals surface area contributed by atoms with Crippen molar-refractivity contribution in [2.24, 2.45) is 5.92 Å². The molecule has 0 heterocycles. The lowest BCUT2D eigenvalue weighted by Crippen LogP contribution is -2.42. The fraction of sp³-hybridized carbons (Fsp3) is 0.625. The van der Waals surface area contributed by atoms with Gasteiger partial charge in [-0.3, -0.25) is 4.79 Å². The molecule has 0 aromatic heterocycles. The van der Waals surface area contributed by atoms with E-state index < -0.39 is 0 Å². The van der Waals surface area contributed by atoms with Crippen LogP contribution >= 0.6 is 0 Å². The Balaban J connectivity index is 1.41. The average Bonchev–Trinajstić information content (AvgIpc) is 3.50. The monoisotopic (exact) mass is 384 g/mol. The highest BCUT2D eigenvalue weighted by molar-refractivity contribution is 5.69. The fourth-order valence-corrected chi connectivity index (χ4v) is 4.56. The maximum Gasteiger partial charge on any atom is 0.306 e. The number of hydrogen-bond acceptors (Lipinski definition) is 4. The van der Waals surface area contributed by atoms with Crippen LogP contribution < -0.4 is 5.32 Å². The normalized spacial score (nSPS) is 27.6. The van der Waals surface area contributed by atoms with Gasteiger partial charge in [0.1, 0.15) is 0 Å². The molecule has 154 valence electrons. The van der Waals surface area contributed by atoms with Crippen molar-refractivity contribution in [2.75, 3.05) is 20.7 Å². The van der Waals surface area contributed by atoms with E-state index in [9.17, 15) is 4.79 Å². The number of hydrogen-bond donors (Lipinski definition) is 1. The zero-order chi connectivity index (χ0) is 19.9. The van der Waals surface area contributed by atoms with Crippen molar-refractivity contribution in [1.82, 2.24) is 10.2 Å². The summed E-state index contributed by atoms with van der Waals surface area (Å²) in [4.78, 5) is 13.7. The summed E-state index contributed by atoms with van der Waals surface area (Å²) in [6.45, 7) is 3.07. The van der Waals surface area contributed by atoms with Gasteiger partial charge in [0.2, 0.25) is 0 Å². The minimum atomic E-state index is -0.114. The molecule has 3 rings (SSSR count). The molecule has 0 saturated heterocycles. The Kier molecular flexibility index (Phi) is 7.69. The molecule has 2 atom stereocenters.